The van der Waals surface area contributed by atoms with Crippen LogP contribution in [0.2, 0.25) is 0 Å². The van der Waals surface area contributed by atoms with Crippen LogP contribution in [0, 0.1) is 0 Å². The molecule has 1 aromatic carbocycles. The molecule has 0 bridgehead atoms. The molecule has 0 amide bonds. The van der Waals surface area contributed by atoms with Crippen LogP contribution < -0.4 is 21.1 Å². The van der Waals surface area contributed by atoms with Gasteiger partial charge in [0.2, 0.25) is 0 Å². The largest absolute Gasteiger partial charge is 0.395 e. The van der Waals surface area contributed by atoms with Gasteiger partial charge in [-0.05, 0) is 62.0 Å². The van der Waals surface area contributed by atoms with E-state index in [1.165, 1.54) is 29.1 Å². The molecule has 7 heteroatoms. The summed E-state index contributed by atoms with van der Waals surface area (Å²) in [6.45, 7) is 8.11. The maximum absolute atomic E-state index is 9.11. The minimum atomic E-state index is 0.230. The molecule has 2 aliphatic heterocycles. The van der Waals surface area contributed by atoms with Crippen molar-refractivity contribution in [3.8, 4) is 0 Å². The lowest BCUT2D eigenvalue weighted by atomic mass is 9.91. The van der Waals surface area contributed by atoms with E-state index in [0.717, 1.165) is 61.6 Å². The fourth-order valence-corrected chi connectivity index (χ4v) is 4.48. The normalized spacial score (nSPS) is 20.1. The summed E-state index contributed by atoms with van der Waals surface area (Å²) in [4.78, 5) is 6.92. The van der Waals surface area contributed by atoms with Crippen molar-refractivity contribution in [1.29, 1.82) is 0 Å². The van der Waals surface area contributed by atoms with E-state index >= 15 is 0 Å². The third-order valence-corrected chi connectivity index (χ3v) is 6.71. The average molecular weight is 425 g/mol. The van der Waals surface area contributed by atoms with Gasteiger partial charge in [-0.25, -0.2) is 5.43 Å². The number of hydrazine groups is 1. The van der Waals surface area contributed by atoms with Crippen LogP contribution in [0.15, 0.2) is 45.9 Å². The zero-order chi connectivity index (χ0) is 22.0. The molecule has 0 spiro atoms. The van der Waals surface area contributed by atoms with Crippen LogP contribution in [0.5, 0.6) is 0 Å². The summed E-state index contributed by atoms with van der Waals surface area (Å²) in [6.07, 6.45) is 3.59. The number of rotatable bonds is 8. The van der Waals surface area contributed by atoms with Crippen molar-refractivity contribution >= 4 is 11.4 Å². The van der Waals surface area contributed by atoms with Crippen molar-refractivity contribution in [2.75, 3.05) is 45.3 Å². The standard InChI is InChI=1S/C24H36N6O/c1-16(23(25-3)19-8-9-22-20(12-19)13-26-29(22)4)17(2)27-24(18-6-5-7-18)28-21-14-30(15-21)10-11-31/h8-9,12,21,26-28,31H,5-7,10-11,13-15H2,1-4H3/b17-16+,25-23+. The lowest BCUT2D eigenvalue weighted by Gasteiger charge is -2.41. The van der Waals surface area contributed by atoms with E-state index in [2.05, 4.69) is 63.0 Å². The topological polar surface area (TPSA) is 75.2 Å². The summed E-state index contributed by atoms with van der Waals surface area (Å²) in [6, 6.07) is 7.02. The molecular weight excluding hydrogens is 388 g/mol. The molecule has 1 saturated carbocycles. The van der Waals surface area contributed by atoms with Gasteiger partial charge in [-0.3, -0.25) is 9.89 Å². The van der Waals surface area contributed by atoms with Crippen LogP contribution >= 0.6 is 0 Å². The summed E-state index contributed by atoms with van der Waals surface area (Å²) >= 11 is 0. The van der Waals surface area contributed by atoms with E-state index in [0.29, 0.717) is 6.04 Å². The number of benzene rings is 1. The second-order valence-corrected chi connectivity index (χ2v) is 8.84. The number of fused-ring (bicyclic) bond motifs is 1. The Bertz CT molecular complexity index is 907. The van der Waals surface area contributed by atoms with Gasteiger partial charge >= 0.3 is 0 Å². The van der Waals surface area contributed by atoms with Crippen molar-refractivity contribution in [3.63, 3.8) is 0 Å². The first-order chi connectivity index (χ1) is 15.0. The molecule has 168 valence electrons. The molecule has 0 unspecified atom stereocenters. The highest BCUT2D eigenvalue weighted by Gasteiger charge is 2.28. The fourth-order valence-electron chi connectivity index (χ4n) is 4.48. The minimum absolute atomic E-state index is 0.230. The first-order valence-corrected chi connectivity index (χ1v) is 11.3. The van der Waals surface area contributed by atoms with Crippen LogP contribution in [0.3, 0.4) is 0 Å². The van der Waals surface area contributed by atoms with Gasteiger partial charge in [-0.15, -0.1) is 0 Å². The number of aliphatic hydroxyl groups excluding tert-OH is 1. The maximum atomic E-state index is 9.11. The van der Waals surface area contributed by atoms with Crippen LogP contribution in [0.25, 0.3) is 0 Å². The number of β-amino-alcohol motifs (C(OH)–C–C–N with tert-alkyl or cyclic N) is 1. The second-order valence-electron chi connectivity index (χ2n) is 8.84. The lowest BCUT2D eigenvalue weighted by molar-refractivity contribution is 0.104. The van der Waals surface area contributed by atoms with E-state index in [-0.39, 0.29) is 6.61 Å². The number of nitrogens with zero attached hydrogens (tertiary/aromatic N) is 3. The fraction of sp³-hybridized carbons (Fsp3) is 0.542. The van der Waals surface area contributed by atoms with Crippen molar-refractivity contribution in [3.05, 3.63) is 52.0 Å². The summed E-state index contributed by atoms with van der Waals surface area (Å²) in [5, 5.41) is 18.6. The highest BCUT2D eigenvalue weighted by atomic mass is 16.3. The van der Waals surface area contributed by atoms with Gasteiger partial charge < -0.3 is 20.7 Å². The van der Waals surface area contributed by atoms with Crippen LogP contribution in [0.4, 0.5) is 5.69 Å². The molecule has 4 N–H and O–H groups in total. The van der Waals surface area contributed by atoms with Crippen LogP contribution in [0.1, 0.15) is 44.2 Å². The minimum Gasteiger partial charge on any atom is -0.395 e. The molecule has 31 heavy (non-hydrogen) atoms. The highest BCUT2D eigenvalue weighted by molar-refractivity contribution is 6.12. The number of hydrogen-bond acceptors (Lipinski definition) is 7. The molecule has 0 aromatic heterocycles. The Hall–Kier alpha value is -2.35. The number of anilines is 1. The van der Waals surface area contributed by atoms with Crippen molar-refractivity contribution in [2.24, 2.45) is 4.99 Å². The molecule has 3 aliphatic rings. The maximum Gasteiger partial charge on any atom is 0.102 e. The van der Waals surface area contributed by atoms with E-state index in [1.54, 1.807) is 0 Å². The van der Waals surface area contributed by atoms with Gasteiger partial charge in [-0.1, -0.05) is 6.07 Å². The van der Waals surface area contributed by atoms with Crippen molar-refractivity contribution in [1.82, 2.24) is 21.0 Å². The molecular formula is C24H36N6O. The SMILES string of the molecule is C/N=C(\C(C)=C(/C)NC(NC1CN(CCO)C1)=C1CCC1)c1ccc2c(c1)CNN2C. The molecule has 1 saturated heterocycles. The molecule has 0 radical (unpaired) electrons. The Morgan fingerprint density at radius 1 is 1.26 bits per heavy atom. The quantitative estimate of drug-likeness (QED) is 0.479. The van der Waals surface area contributed by atoms with E-state index in [9.17, 15) is 0 Å². The van der Waals surface area contributed by atoms with E-state index < -0.39 is 0 Å². The van der Waals surface area contributed by atoms with E-state index in [1.807, 2.05) is 14.1 Å². The summed E-state index contributed by atoms with van der Waals surface area (Å²) in [7, 11) is 3.92. The van der Waals surface area contributed by atoms with Crippen LogP contribution in [-0.4, -0.2) is 62.1 Å². The number of aliphatic imine (C=N–C) groups is 1. The molecule has 7 nitrogen and oxygen atoms in total. The van der Waals surface area contributed by atoms with Crippen molar-refractivity contribution < 1.29 is 5.11 Å². The Labute approximate surface area is 185 Å². The van der Waals surface area contributed by atoms with Gasteiger partial charge in [0.15, 0.2) is 0 Å². The van der Waals surface area contributed by atoms with Gasteiger partial charge in [0.05, 0.1) is 24.0 Å². The van der Waals surface area contributed by atoms with Gasteiger partial charge in [0, 0.05) is 51.5 Å². The molecule has 2 fully saturated rings. The number of hydrogen-bond donors (Lipinski definition) is 4. The highest BCUT2D eigenvalue weighted by Crippen LogP contribution is 2.29. The van der Waals surface area contributed by atoms with E-state index in [4.69, 9.17) is 5.11 Å². The number of nitrogens with one attached hydrogen (secondary N) is 3. The third-order valence-electron chi connectivity index (χ3n) is 6.71. The summed E-state index contributed by atoms with van der Waals surface area (Å²) < 4.78 is 0. The predicted molar refractivity (Wildman–Crippen MR) is 127 cm³/mol. The Balaban J connectivity index is 1.49. The molecule has 2 heterocycles. The monoisotopic (exact) mass is 424 g/mol. The van der Waals surface area contributed by atoms with Gasteiger partial charge in [0.25, 0.3) is 0 Å². The Morgan fingerprint density at radius 3 is 2.68 bits per heavy atom. The first kappa shape index (κ1) is 21.9. The van der Waals surface area contributed by atoms with Gasteiger partial charge in [0.1, 0.15) is 5.82 Å². The van der Waals surface area contributed by atoms with Gasteiger partial charge in [-0.2, -0.15) is 0 Å². The Morgan fingerprint density at radius 2 is 2.03 bits per heavy atom. The second kappa shape index (κ2) is 9.42. The molecule has 1 aliphatic carbocycles. The zero-order valence-corrected chi connectivity index (χ0v) is 19.3. The van der Waals surface area contributed by atoms with Crippen LogP contribution in [-0.2, 0) is 6.54 Å². The summed E-state index contributed by atoms with van der Waals surface area (Å²) in [5.41, 5.74) is 11.8. The average Bonchev–Trinajstić information content (AvgIpc) is 3.05. The number of likely N-dealkylation sites (tertiary alicyclic amines) is 1. The van der Waals surface area contributed by atoms with Crippen molar-refractivity contribution in [2.45, 2.75) is 45.7 Å². The molecule has 4 rings (SSSR count). The number of allylic oxidation sites excluding steroid dienone is 3. The third kappa shape index (κ3) is 4.63. The summed E-state index contributed by atoms with van der Waals surface area (Å²) in [5.74, 6) is 1.17. The first-order valence-electron chi connectivity index (χ1n) is 11.3. The molecule has 0 atom stereocenters. The molecule has 1 aromatic rings. The zero-order valence-electron chi connectivity index (χ0n) is 19.3. The smallest absolute Gasteiger partial charge is 0.102 e. The predicted octanol–water partition coefficient (Wildman–Crippen LogP) is 2.11. The Kier molecular flexibility index (Phi) is 6.65. The lowest BCUT2D eigenvalue weighted by Crippen LogP contribution is -2.59. The number of aliphatic hydroxyl groups is 1.